The second-order valence-electron chi connectivity index (χ2n) is 2.89. The molecule has 1 aliphatic carbocycles. The fourth-order valence-electron chi connectivity index (χ4n) is 1.42. The van der Waals surface area contributed by atoms with Crippen molar-refractivity contribution in [2.75, 3.05) is 0 Å². The molecule has 0 saturated heterocycles. The van der Waals surface area contributed by atoms with Crippen molar-refractivity contribution < 1.29 is 0 Å². The standard InChI is InChI=1S/C10H14/c1-4-5-10-8(2)6-7-9(10)3/h4,7,10H,1-2,5-6H2,3H3. The fourth-order valence-corrected chi connectivity index (χ4v) is 1.42. The second kappa shape index (κ2) is 2.87. The van der Waals surface area contributed by atoms with E-state index in [1.54, 1.807) is 0 Å². The summed E-state index contributed by atoms with van der Waals surface area (Å²) < 4.78 is 0. The molecular weight excluding hydrogens is 120 g/mol. The first-order chi connectivity index (χ1) is 4.75. The predicted octanol–water partition coefficient (Wildman–Crippen LogP) is 3.08. The number of rotatable bonds is 2. The largest absolute Gasteiger partial charge is 0.103 e. The third-order valence-electron chi connectivity index (χ3n) is 2.13. The van der Waals surface area contributed by atoms with Crippen molar-refractivity contribution in [1.82, 2.24) is 0 Å². The molecule has 0 nitrogen and oxygen atoms in total. The van der Waals surface area contributed by atoms with Crippen molar-refractivity contribution in [2.24, 2.45) is 5.92 Å². The lowest BCUT2D eigenvalue weighted by Crippen LogP contribution is -1.96. The van der Waals surface area contributed by atoms with Gasteiger partial charge in [0.25, 0.3) is 0 Å². The van der Waals surface area contributed by atoms with Crippen molar-refractivity contribution in [3.8, 4) is 0 Å². The van der Waals surface area contributed by atoms with E-state index in [9.17, 15) is 0 Å². The molecule has 0 spiro atoms. The molecule has 1 rings (SSSR count). The molecule has 10 heavy (non-hydrogen) atoms. The molecule has 54 valence electrons. The maximum absolute atomic E-state index is 4.00. The summed E-state index contributed by atoms with van der Waals surface area (Å²) in [6.45, 7) is 9.90. The smallest absolute Gasteiger partial charge is 0.00391 e. The third kappa shape index (κ3) is 1.21. The van der Waals surface area contributed by atoms with E-state index in [2.05, 4.69) is 26.2 Å². The van der Waals surface area contributed by atoms with Gasteiger partial charge in [-0.15, -0.1) is 6.58 Å². The Kier molecular flexibility index (Phi) is 2.10. The highest BCUT2D eigenvalue weighted by atomic mass is 14.2. The van der Waals surface area contributed by atoms with Gasteiger partial charge >= 0.3 is 0 Å². The van der Waals surface area contributed by atoms with E-state index >= 15 is 0 Å². The number of hydrogen-bond donors (Lipinski definition) is 0. The van der Waals surface area contributed by atoms with Gasteiger partial charge in [0, 0.05) is 5.92 Å². The Morgan fingerprint density at radius 1 is 1.80 bits per heavy atom. The molecule has 1 aliphatic rings. The van der Waals surface area contributed by atoms with E-state index < -0.39 is 0 Å². The Balaban J connectivity index is 2.64. The van der Waals surface area contributed by atoms with Crippen molar-refractivity contribution in [3.63, 3.8) is 0 Å². The molecule has 0 heteroatoms. The van der Waals surface area contributed by atoms with Crippen LogP contribution in [-0.4, -0.2) is 0 Å². The molecule has 0 fully saturated rings. The highest BCUT2D eigenvalue weighted by Crippen LogP contribution is 2.32. The van der Waals surface area contributed by atoms with Gasteiger partial charge in [-0.3, -0.25) is 0 Å². The molecule has 0 heterocycles. The lowest BCUT2D eigenvalue weighted by Gasteiger charge is -2.09. The van der Waals surface area contributed by atoms with Crippen LogP contribution in [0, 0.1) is 5.92 Å². The molecule has 0 bridgehead atoms. The van der Waals surface area contributed by atoms with Crippen LogP contribution >= 0.6 is 0 Å². The zero-order valence-electron chi connectivity index (χ0n) is 6.56. The highest BCUT2D eigenvalue weighted by Gasteiger charge is 2.16. The zero-order valence-corrected chi connectivity index (χ0v) is 6.56. The molecule has 0 radical (unpaired) electrons. The Labute approximate surface area is 62.9 Å². The van der Waals surface area contributed by atoms with Crippen molar-refractivity contribution in [1.29, 1.82) is 0 Å². The maximum Gasteiger partial charge on any atom is 0.00391 e. The van der Waals surface area contributed by atoms with Gasteiger partial charge in [0.1, 0.15) is 0 Å². The van der Waals surface area contributed by atoms with Crippen LogP contribution in [-0.2, 0) is 0 Å². The van der Waals surface area contributed by atoms with Gasteiger partial charge < -0.3 is 0 Å². The van der Waals surface area contributed by atoms with Crippen LogP contribution in [0.2, 0.25) is 0 Å². The average molecular weight is 134 g/mol. The third-order valence-corrected chi connectivity index (χ3v) is 2.13. The molecule has 0 amide bonds. The van der Waals surface area contributed by atoms with Gasteiger partial charge in [0.05, 0.1) is 0 Å². The van der Waals surface area contributed by atoms with E-state index in [1.165, 1.54) is 11.1 Å². The molecule has 0 N–H and O–H groups in total. The first kappa shape index (κ1) is 7.33. The summed E-state index contributed by atoms with van der Waals surface area (Å²) >= 11 is 0. The summed E-state index contributed by atoms with van der Waals surface area (Å²) in [5.74, 6) is 0.595. The number of hydrogen-bond acceptors (Lipinski definition) is 0. The molecule has 0 saturated carbocycles. The van der Waals surface area contributed by atoms with Crippen LogP contribution in [0.25, 0.3) is 0 Å². The summed E-state index contributed by atoms with van der Waals surface area (Å²) in [4.78, 5) is 0. The van der Waals surface area contributed by atoms with Crippen molar-refractivity contribution in [2.45, 2.75) is 19.8 Å². The van der Waals surface area contributed by atoms with Crippen LogP contribution in [0.4, 0.5) is 0 Å². The van der Waals surface area contributed by atoms with Crippen molar-refractivity contribution in [3.05, 3.63) is 36.5 Å². The van der Waals surface area contributed by atoms with Gasteiger partial charge in [-0.2, -0.15) is 0 Å². The summed E-state index contributed by atoms with van der Waals surface area (Å²) in [5.41, 5.74) is 2.81. The van der Waals surface area contributed by atoms with E-state index in [4.69, 9.17) is 0 Å². The summed E-state index contributed by atoms with van der Waals surface area (Å²) in [6.07, 6.45) is 6.36. The van der Waals surface area contributed by atoms with Gasteiger partial charge in [-0.1, -0.05) is 29.9 Å². The fraction of sp³-hybridized carbons (Fsp3) is 0.400. The quantitative estimate of drug-likeness (QED) is 0.509. The van der Waals surface area contributed by atoms with Crippen LogP contribution in [0.1, 0.15) is 19.8 Å². The minimum Gasteiger partial charge on any atom is -0.103 e. The Morgan fingerprint density at radius 3 is 2.90 bits per heavy atom. The molecule has 0 aromatic heterocycles. The minimum absolute atomic E-state index is 0.595. The number of allylic oxidation sites excluding steroid dienone is 4. The van der Waals surface area contributed by atoms with Crippen LogP contribution in [0.15, 0.2) is 36.5 Å². The average Bonchev–Trinajstić information content (AvgIpc) is 2.20. The first-order valence-electron chi connectivity index (χ1n) is 3.71. The lowest BCUT2D eigenvalue weighted by atomic mass is 9.95. The van der Waals surface area contributed by atoms with Crippen LogP contribution in [0.5, 0.6) is 0 Å². The highest BCUT2D eigenvalue weighted by molar-refractivity contribution is 5.28. The molecular formula is C10H14. The molecule has 0 aromatic carbocycles. The SMILES string of the molecule is C=CCC1C(=C)CC=C1C. The zero-order chi connectivity index (χ0) is 7.56. The Bertz CT molecular complexity index is 184. The van der Waals surface area contributed by atoms with Gasteiger partial charge in [0.15, 0.2) is 0 Å². The van der Waals surface area contributed by atoms with E-state index in [0.717, 1.165) is 12.8 Å². The monoisotopic (exact) mass is 134 g/mol. The van der Waals surface area contributed by atoms with Gasteiger partial charge in [-0.05, 0) is 19.8 Å². The van der Waals surface area contributed by atoms with E-state index in [0.29, 0.717) is 5.92 Å². The van der Waals surface area contributed by atoms with Gasteiger partial charge in [-0.25, -0.2) is 0 Å². The van der Waals surface area contributed by atoms with Crippen molar-refractivity contribution >= 4 is 0 Å². The van der Waals surface area contributed by atoms with E-state index in [-0.39, 0.29) is 0 Å². The molecule has 0 aromatic rings. The molecule has 0 aliphatic heterocycles. The van der Waals surface area contributed by atoms with Crippen LogP contribution in [0.3, 0.4) is 0 Å². The lowest BCUT2D eigenvalue weighted by molar-refractivity contribution is 0.750. The Hall–Kier alpha value is -0.780. The minimum atomic E-state index is 0.595. The van der Waals surface area contributed by atoms with E-state index in [1.807, 2.05) is 6.08 Å². The molecule has 1 unspecified atom stereocenters. The summed E-state index contributed by atoms with van der Waals surface area (Å²) in [6, 6.07) is 0. The topological polar surface area (TPSA) is 0 Å². The summed E-state index contributed by atoms with van der Waals surface area (Å²) in [7, 11) is 0. The Morgan fingerprint density at radius 2 is 2.50 bits per heavy atom. The normalized spacial score (nSPS) is 24.7. The summed E-state index contributed by atoms with van der Waals surface area (Å²) in [5, 5.41) is 0. The maximum atomic E-state index is 4.00. The predicted molar refractivity (Wildman–Crippen MR) is 45.8 cm³/mol. The first-order valence-corrected chi connectivity index (χ1v) is 3.71. The van der Waals surface area contributed by atoms with Gasteiger partial charge in [0.2, 0.25) is 0 Å². The van der Waals surface area contributed by atoms with Crippen LogP contribution < -0.4 is 0 Å². The second-order valence-corrected chi connectivity index (χ2v) is 2.89. The molecule has 1 atom stereocenters.